The molecule has 7 nitrogen and oxygen atoms in total. The minimum atomic E-state index is -0.950. The fourth-order valence-electron chi connectivity index (χ4n) is 3.23. The largest absolute Gasteiger partial charge is 0.383 e. The van der Waals surface area contributed by atoms with E-state index in [1.807, 2.05) is 21.0 Å². The molecule has 2 atom stereocenters. The second-order valence-electron chi connectivity index (χ2n) is 7.47. The minimum absolute atomic E-state index is 0.0241. The van der Waals surface area contributed by atoms with Gasteiger partial charge in [-0.3, -0.25) is 10.2 Å². The number of carbonyl (C=O) groups is 1. The first-order chi connectivity index (χ1) is 13.3. The Labute approximate surface area is 172 Å². The number of piperidine rings is 1. The van der Waals surface area contributed by atoms with Gasteiger partial charge in [0.05, 0.1) is 23.2 Å². The normalized spacial score (nSPS) is 20.5. The highest BCUT2D eigenvalue weighted by Crippen LogP contribution is 2.34. The number of thiazole rings is 1. The van der Waals surface area contributed by atoms with E-state index < -0.39 is 5.60 Å². The summed E-state index contributed by atoms with van der Waals surface area (Å²) >= 11 is 2.91. The van der Waals surface area contributed by atoms with Gasteiger partial charge in [0, 0.05) is 40.9 Å². The van der Waals surface area contributed by atoms with E-state index in [1.165, 1.54) is 28.9 Å². The minimum Gasteiger partial charge on any atom is -0.383 e. The lowest BCUT2D eigenvalue weighted by Crippen LogP contribution is -2.45. The zero-order valence-corrected chi connectivity index (χ0v) is 17.8. The van der Waals surface area contributed by atoms with E-state index in [2.05, 4.69) is 22.4 Å². The molecule has 0 aliphatic carbocycles. The summed E-state index contributed by atoms with van der Waals surface area (Å²) in [5.74, 6) is 0.141. The number of likely N-dealkylation sites (tertiary alicyclic amines) is 1. The van der Waals surface area contributed by atoms with Gasteiger partial charge in [-0.1, -0.05) is 0 Å². The van der Waals surface area contributed by atoms with Gasteiger partial charge in [-0.25, -0.2) is 4.98 Å². The monoisotopic (exact) mass is 419 g/mol. The molecule has 150 valence electrons. The SMILES string of the molecule is C[C@@H]1CCC(c2csc(C(C)(C)O)n2)CN1C(=O)c1cscc1N/N=C\C=N. The van der Waals surface area contributed by atoms with Crippen molar-refractivity contribution < 1.29 is 9.90 Å². The van der Waals surface area contributed by atoms with Crippen LogP contribution in [0.2, 0.25) is 0 Å². The quantitative estimate of drug-likeness (QED) is 0.488. The van der Waals surface area contributed by atoms with Gasteiger partial charge in [0.25, 0.3) is 5.91 Å². The number of hydrogen-bond acceptors (Lipinski definition) is 8. The maximum absolute atomic E-state index is 13.2. The molecule has 1 unspecified atom stereocenters. The van der Waals surface area contributed by atoms with Crippen LogP contribution in [-0.2, 0) is 5.60 Å². The molecular formula is C19H25N5O2S2. The van der Waals surface area contributed by atoms with E-state index in [1.54, 1.807) is 13.8 Å². The highest BCUT2D eigenvalue weighted by atomic mass is 32.1. The van der Waals surface area contributed by atoms with Crippen LogP contribution < -0.4 is 5.43 Å². The standard InChI is InChI=1S/C19H25N5O2S2/c1-12-4-5-13(15-11-28-18(22-15)19(2,3)26)8-24(12)17(25)14-9-27-10-16(14)23-21-7-6-20/h6-7,9-13,20,23,26H,4-5,8H2,1-3H3/b20-6?,21-7-/t12-,13?/m1/s1. The van der Waals surface area contributed by atoms with Crippen LogP contribution >= 0.6 is 22.7 Å². The molecular weight excluding hydrogens is 394 g/mol. The lowest BCUT2D eigenvalue weighted by molar-refractivity contribution is 0.0606. The fourth-order valence-corrected chi connectivity index (χ4v) is 4.91. The average Bonchev–Trinajstić information content (AvgIpc) is 3.31. The summed E-state index contributed by atoms with van der Waals surface area (Å²) in [4.78, 5) is 19.7. The fraction of sp³-hybridized carbons (Fsp3) is 0.474. The zero-order chi connectivity index (χ0) is 20.3. The van der Waals surface area contributed by atoms with Gasteiger partial charge in [0.1, 0.15) is 10.6 Å². The Kier molecular flexibility index (Phi) is 6.26. The number of nitrogens with one attached hydrogen (secondary N) is 2. The van der Waals surface area contributed by atoms with E-state index in [0.29, 0.717) is 22.8 Å². The van der Waals surface area contributed by atoms with E-state index in [9.17, 15) is 9.90 Å². The Bertz CT molecular complexity index is 868. The predicted octanol–water partition coefficient (Wildman–Crippen LogP) is 3.89. The van der Waals surface area contributed by atoms with Gasteiger partial charge >= 0.3 is 0 Å². The number of carbonyl (C=O) groups excluding carboxylic acids is 1. The molecule has 0 aromatic carbocycles. The Morgan fingerprint density at radius 3 is 2.89 bits per heavy atom. The first kappa shape index (κ1) is 20.6. The summed E-state index contributed by atoms with van der Waals surface area (Å²) in [5, 5.41) is 27.5. The summed E-state index contributed by atoms with van der Waals surface area (Å²) in [5.41, 5.74) is 4.08. The summed E-state index contributed by atoms with van der Waals surface area (Å²) in [6.07, 6.45) is 4.28. The van der Waals surface area contributed by atoms with Gasteiger partial charge in [-0.05, 0) is 33.6 Å². The first-order valence-corrected chi connectivity index (χ1v) is 11.0. The van der Waals surface area contributed by atoms with Crippen LogP contribution in [0.3, 0.4) is 0 Å². The summed E-state index contributed by atoms with van der Waals surface area (Å²) < 4.78 is 0. The smallest absolute Gasteiger partial charge is 0.257 e. The third-order valence-electron chi connectivity index (χ3n) is 4.83. The number of aliphatic hydroxyl groups is 1. The highest BCUT2D eigenvalue weighted by molar-refractivity contribution is 7.09. The van der Waals surface area contributed by atoms with Gasteiger partial charge in [-0.2, -0.15) is 5.10 Å². The number of anilines is 1. The topological polar surface area (TPSA) is 102 Å². The molecule has 0 saturated carbocycles. The van der Waals surface area contributed by atoms with Crippen LogP contribution in [0.4, 0.5) is 5.69 Å². The Morgan fingerprint density at radius 1 is 1.43 bits per heavy atom. The lowest BCUT2D eigenvalue weighted by Gasteiger charge is -2.37. The molecule has 9 heteroatoms. The van der Waals surface area contributed by atoms with Crippen LogP contribution in [0.5, 0.6) is 0 Å². The number of amides is 1. The van der Waals surface area contributed by atoms with Crippen molar-refractivity contribution in [1.82, 2.24) is 9.88 Å². The predicted molar refractivity (Wildman–Crippen MR) is 115 cm³/mol. The van der Waals surface area contributed by atoms with Gasteiger partial charge < -0.3 is 15.4 Å². The van der Waals surface area contributed by atoms with Gasteiger partial charge in [0.2, 0.25) is 0 Å². The van der Waals surface area contributed by atoms with E-state index in [0.717, 1.165) is 24.8 Å². The number of aromatic nitrogens is 1. The Morgan fingerprint density at radius 2 is 2.21 bits per heavy atom. The average molecular weight is 420 g/mol. The second-order valence-corrected chi connectivity index (χ2v) is 9.07. The molecule has 28 heavy (non-hydrogen) atoms. The van der Waals surface area contributed by atoms with Crippen LogP contribution in [-0.4, -0.2) is 45.9 Å². The molecule has 0 bridgehead atoms. The number of nitrogens with zero attached hydrogens (tertiary/aromatic N) is 3. The maximum atomic E-state index is 13.2. The van der Waals surface area contributed by atoms with Crippen LogP contribution in [0.25, 0.3) is 0 Å². The molecule has 0 radical (unpaired) electrons. The third kappa shape index (κ3) is 4.48. The summed E-state index contributed by atoms with van der Waals surface area (Å²) in [6, 6.07) is 0.147. The Balaban J connectivity index is 1.77. The highest BCUT2D eigenvalue weighted by Gasteiger charge is 2.33. The lowest BCUT2D eigenvalue weighted by atomic mass is 9.91. The Hall–Kier alpha value is -2.10. The van der Waals surface area contributed by atoms with Gasteiger partial charge in [-0.15, -0.1) is 22.7 Å². The van der Waals surface area contributed by atoms with E-state index in [-0.39, 0.29) is 17.9 Å². The first-order valence-electron chi connectivity index (χ1n) is 9.14. The van der Waals surface area contributed by atoms with Crippen molar-refractivity contribution in [2.75, 3.05) is 12.0 Å². The molecule has 3 N–H and O–H groups in total. The maximum Gasteiger partial charge on any atom is 0.257 e. The molecule has 1 aliphatic rings. The van der Waals surface area contributed by atoms with Crippen molar-refractivity contribution in [2.45, 2.75) is 51.2 Å². The zero-order valence-electron chi connectivity index (χ0n) is 16.2. The van der Waals surface area contributed by atoms with E-state index >= 15 is 0 Å². The molecule has 3 heterocycles. The molecule has 1 saturated heterocycles. The van der Waals surface area contributed by atoms with Crippen molar-refractivity contribution in [3.05, 3.63) is 32.4 Å². The van der Waals surface area contributed by atoms with E-state index in [4.69, 9.17) is 5.41 Å². The van der Waals surface area contributed by atoms with Crippen molar-refractivity contribution in [2.24, 2.45) is 5.10 Å². The van der Waals surface area contributed by atoms with Crippen molar-refractivity contribution >= 4 is 46.7 Å². The van der Waals surface area contributed by atoms with Crippen molar-refractivity contribution in [3.8, 4) is 0 Å². The van der Waals surface area contributed by atoms with Gasteiger partial charge in [0.15, 0.2) is 0 Å². The summed E-state index contributed by atoms with van der Waals surface area (Å²) in [7, 11) is 0. The van der Waals surface area contributed by atoms with Crippen LogP contribution in [0, 0.1) is 5.41 Å². The molecule has 1 aliphatic heterocycles. The number of rotatable bonds is 6. The molecule has 1 amide bonds. The second kappa shape index (κ2) is 8.50. The molecule has 0 spiro atoms. The van der Waals surface area contributed by atoms with Crippen LogP contribution in [0.1, 0.15) is 60.6 Å². The summed E-state index contributed by atoms with van der Waals surface area (Å²) in [6.45, 7) is 6.15. The number of thiophene rings is 1. The third-order valence-corrected chi connectivity index (χ3v) is 6.75. The van der Waals surface area contributed by atoms with Crippen LogP contribution in [0.15, 0.2) is 21.2 Å². The number of hydrogen-bond donors (Lipinski definition) is 3. The molecule has 1 fully saturated rings. The molecule has 2 aromatic rings. The van der Waals surface area contributed by atoms with Crippen molar-refractivity contribution in [3.63, 3.8) is 0 Å². The molecule has 2 aromatic heterocycles. The van der Waals surface area contributed by atoms with Crippen molar-refractivity contribution in [1.29, 1.82) is 5.41 Å². The molecule has 3 rings (SSSR count). The number of hydrazone groups is 1.